The maximum Gasteiger partial charge on any atom is 0.303 e. The van der Waals surface area contributed by atoms with Gasteiger partial charge in [-0.05, 0) is 18.6 Å². The molecule has 0 saturated heterocycles. The molecule has 0 bridgehead atoms. The predicted molar refractivity (Wildman–Crippen MR) is 62.3 cm³/mol. The van der Waals surface area contributed by atoms with Crippen LogP contribution in [0.5, 0.6) is 0 Å². The molecule has 0 aromatic carbocycles. The topological polar surface area (TPSA) is 68.0 Å². The van der Waals surface area contributed by atoms with Gasteiger partial charge in [0.25, 0.3) is 0 Å². The van der Waals surface area contributed by atoms with E-state index in [9.17, 15) is 4.79 Å². The van der Waals surface area contributed by atoms with Gasteiger partial charge in [-0.15, -0.1) is 0 Å². The minimum absolute atomic E-state index is 0.181. The molecule has 0 radical (unpaired) electrons. The van der Waals surface area contributed by atoms with Crippen molar-refractivity contribution in [2.45, 2.75) is 19.4 Å². The fraction of sp³-hybridized carbons (Fsp3) is 0.250. The van der Waals surface area contributed by atoms with Crippen LogP contribution in [0, 0.1) is 0 Å². The molecule has 0 aliphatic rings. The molecule has 0 amide bonds. The Bertz CT molecular complexity index is 493. The summed E-state index contributed by atoms with van der Waals surface area (Å²) < 4.78 is 1.89. The van der Waals surface area contributed by atoms with Gasteiger partial charge >= 0.3 is 5.97 Å². The van der Waals surface area contributed by atoms with Crippen molar-refractivity contribution < 1.29 is 9.90 Å². The first kappa shape index (κ1) is 11.3. The van der Waals surface area contributed by atoms with E-state index in [0.717, 1.165) is 11.3 Å². The Hall–Kier alpha value is -2.17. The van der Waals surface area contributed by atoms with Crippen LogP contribution in [0.3, 0.4) is 0 Å². The summed E-state index contributed by atoms with van der Waals surface area (Å²) in [6.07, 6.45) is 7.87. The molecule has 2 aromatic heterocycles. The van der Waals surface area contributed by atoms with Gasteiger partial charge in [0.15, 0.2) is 0 Å². The summed E-state index contributed by atoms with van der Waals surface area (Å²) >= 11 is 0. The first-order valence-corrected chi connectivity index (χ1v) is 5.39. The van der Waals surface area contributed by atoms with Gasteiger partial charge in [0, 0.05) is 37.1 Å². The van der Waals surface area contributed by atoms with Crippen molar-refractivity contribution in [3.63, 3.8) is 0 Å². The zero-order valence-corrected chi connectivity index (χ0v) is 9.28. The number of carbonyl (C=O) groups is 1. The Kier molecular flexibility index (Phi) is 3.49. The number of aromatic nitrogens is 3. The molecule has 2 heterocycles. The summed E-state index contributed by atoms with van der Waals surface area (Å²) in [6.45, 7) is 0.666. The highest BCUT2D eigenvalue weighted by molar-refractivity contribution is 5.66. The first-order valence-electron chi connectivity index (χ1n) is 5.39. The third-order valence-corrected chi connectivity index (χ3v) is 2.40. The smallest absolute Gasteiger partial charge is 0.303 e. The number of aliphatic carboxylic acids is 1. The van der Waals surface area contributed by atoms with Crippen molar-refractivity contribution >= 4 is 5.97 Å². The van der Waals surface area contributed by atoms with Crippen molar-refractivity contribution in [3.8, 4) is 11.3 Å². The van der Waals surface area contributed by atoms with Gasteiger partial charge in [0.2, 0.25) is 0 Å². The molecular weight excluding hydrogens is 218 g/mol. The van der Waals surface area contributed by atoms with Gasteiger partial charge in [0.1, 0.15) is 0 Å². The minimum atomic E-state index is -0.766. The maximum absolute atomic E-state index is 10.4. The van der Waals surface area contributed by atoms with Crippen LogP contribution in [0.2, 0.25) is 0 Å². The van der Waals surface area contributed by atoms with Crippen LogP contribution in [0.25, 0.3) is 11.3 Å². The number of imidazole rings is 1. The summed E-state index contributed by atoms with van der Waals surface area (Å²) in [5.41, 5.74) is 1.82. The Morgan fingerprint density at radius 2 is 2.35 bits per heavy atom. The van der Waals surface area contributed by atoms with Gasteiger partial charge < -0.3 is 9.67 Å². The van der Waals surface area contributed by atoms with E-state index >= 15 is 0 Å². The van der Waals surface area contributed by atoms with E-state index in [0.29, 0.717) is 13.0 Å². The van der Waals surface area contributed by atoms with Crippen LogP contribution in [0.15, 0.2) is 37.1 Å². The fourth-order valence-corrected chi connectivity index (χ4v) is 1.56. The lowest BCUT2D eigenvalue weighted by Gasteiger charge is -1.98. The summed E-state index contributed by atoms with van der Waals surface area (Å²) in [7, 11) is 0. The largest absolute Gasteiger partial charge is 0.481 e. The summed E-state index contributed by atoms with van der Waals surface area (Å²) in [4.78, 5) is 18.7. The second-order valence-electron chi connectivity index (χ2n) is 3.74. The molecule has 0 aliphatic carbocycles. The number of pyridine rings is 1. The zero-order chi connectivity index (χ0) is 12.1. The highest BCUT2D eigenvalue weighted by atomic mass is 16.4. The standard InChI is InChI=1S/C12H13N3O2/c16-12(17)4-2-6-15-8-11(14-9-15)10-3-1-5-13-7-10/h1,3,5,7-9H,2,4,6H2,(H,16,17). The fourth-order valence-electron chi connectivity index (χ4n) is 1.56. The second kappa shape index (κ2) is 5.25. The zero-order valence-electron chi connectivity index (χ0n) is 9.28. The van der Waals surface area contributed by atoms with Gasteiger partial charge in [-0.2, -0.15) is 0 Å². The van der Waals surface area contributed by atoms with E-state index in [1.165, 1.54) is 0 Å². The summed E-state index contributed by atoms with van der Waals surface area (Å²) in [6, 6.07) is 3.80. The monoisotopic (exact) mass is 231 g/mol. The van der Waals surface area contributed by atoms with Gasteiger partial charge in [-0.25, -0.2) is 4.98 Å². The molecule has 5 heteroatoms. The molecule has 2 aromatic rings. The Morgan fingerprint density at radius 1 is 1.47 bits per heavy atom. The number of hydrogen-bond donors (Lipinski definition) is 1. The normalized spacial score (nSPS) is 10.4. The van der Waals surface area contributed by atoms with Crippen LogP contribution >= 0.6 is 0 Å². The van der Waals surface area contributed by atoms with E-state index in [-0.39, 0.29) is 6.42 Å². The van der Waals surface area contributed by atoms with E-state index < -0.39 is 5.97 Å². The summed E-state index contributed by atoms with van der Waals surface area (Å²) in [5, 5.41) is 8.54. The lowest BCUT2D eigenvalue weighted by atomic mass is 10.2. The number of rotatable bonds is 5. The Labute approximate surface area is 98.8 Å². The van der Waals surface area contributed by atoms with Crippen LogP contribution < -0.4 is 0 Å². The van der Waals surface area contributed by atoms with E-state index in [2.05, 4.69) is 9.97 Å². The molecule has 0 aliphatic heterocycles. The summed E-state index contributed by atoms with van der Waals surface area (Å²) in [5.74, 6) is -0.766. The third kappa shape index (κ3) is 3.14. The Morgan fingerprint density at radius 3 is 3.06 bits per heavy atom. The quantitative estimate of drug-likeness (QED) is 0.852. The van der Waals surface area contributed by atoms with E-state index in [1.54, 1.807) is 18.7 Å². The predicted octanol–water partition coefficient (Wildman–Crippen LogP) is 1.81. The van der Waals surface area contributed by atoms with Crippen LogP contribution in [0.4, 0.5) is 0 Å². The molecule has 1 N–H and O–H groups in total. The maximum atomic E-state index is 10.4. The number of aryl methyl sites for hydroxylation is 1. The van der Waals surface area contributed by atoms with Gasteiger partial charge in [0.05, 0.1) is 12.0 Å². The van der Waals surface area contributed by atoms with Crippen LogP contribution in [-0.4, -0.2) is 25.6 Å². The number of carboxylic acids is 1. The highest BCUT2D eigenvalue weighted by Gasteiger charge is 2.02. The van der Waals surface area contributed by atoms with Crippen LogP contribution in [-0.2, 0) is 11.3 Å². The van der Waals surface area contributed by atoms with Crippen molar-refractivity contribution in [2.24, 2.45) is 0 Å². The molecule has 0 unspecified atom stereocenters. The molecule has 0 atom stereocenters. The highest BCUT2D eigenvalue weighted by Crippen LogP contribution is 2.14. The number of hydrogen-bond acceptors (Lipinski definition) is 3. The SMILES string of the molecule is O=C(O)CCCn1cnc(-c2cccnc2)c1. The minimum Gasteiger partial charge on any atom is -0.481 e. The molecule has 0 spiro atoms. The van der Waals surface area contributed by atoms with Gasteiger partial charge in [-0.1, -0.05) is 0 Å². The van der Waals surface area contributed by atoms with Crippen molar-refractivity contribution in [2.75, 3.05) is 0 Å². The second-order valence-corrected chi connectivity index (χ2v) is 3.74. The van der Waals surface area contributed by atoms with Crippen molar-refractivity contribution in [1.82, 2.24) is 14.5 Å². The molecular formula is C12H13N3O2. The molecule has 0 fully saturated rings. The third-order valence-electron chi connectivity index (χ3n) is 2.40. The lowest BCUT2D eigenvalue weighted by Crippen LogP contribution is -1.99. The molecule has 0 saturated carbocycles. The molecule has 5 nitrogen and oxygen atoms in total. The van der Waals surface area contributed by atoms with Crippen molar-refractivity contribution in [1.29, 1.82) is 0 Å². The van der Waals surface area contributed by atoms with Crippen molar-refractivity contribution in [3.05, 3.63) is 37.1 Å². The van der Waals surface area contributed by atoms with Gasteiger partial charge in [-0.3, -0.25) is 9.78 Å². The number of nitrogens with zero attached hydrogens (tertiary/aromatic N) is 3. The van der Waals surface area contributed by atoms with E-state index in [1.807, 2.05) is 22.9 Å². The molecule has 88 valence electrons. The average molecular weight is 231 g/mol. The molecule has 17 heavy (non-hydrogen) atoms. The lowest BCUT2D eigenvalue weighted by molar-refractivity contribution is -0.137. The van der Waals surface area contributed by atoms with E-state index in [4.69, 9.17) is 5.11 Å². The average Bonchev–Trinajstić information content (AvgIpc) is 2.78. The molecule has 2 rings (SSSR count). The van der Waals surface area contributed by atoms with Crippen LogP contribution in [0.1, 0.15) is 12.8 Å². The number of carboxylic acid groups (broad SMARTS) is 1. The Balaban J connectivity index is 1.99. The first-order chi connectivity index (χ1) is 8.25.